The van der Waals surface area contributed by atoms with Crippen molar-refractivity contribution in [1.29, 1.82) is 0 Å². The van der Waals surface area contributed by atoms with Crippen molar-refractivity contribution < 1.29 is 14.0 Å². The van der Waals surface area contributed by atoms with Gasteiger partial charge in [-0.3, -0.25) is 9.59 Å². The quantitative estimate of drug-likeness (QED) is 0.517. The van der Waals surface area contributed by atoms with Crippen molar-refractivity contribution in [3.8, 4) is 0 Å². The topological polar surface area (TPSA) is 83.7 Å². The molecule has 0 spiro atoms. The van der Waals surface area contributed by atoms with Gasteiger partial charge in [0.1, 0.15) is 5.76 Å². The first-order chi connectivity index (χ1) is 10.1. The lowest BCUT2D eigenvalue weighted by molar-refractivity contribution is -0.136. The van der Waals surface area contributed by atoms with E-state index >= 15 is 0 Å². The van der Waals surface area contributed by atoms with Gasteiger partial charge in [-0.1, -0.05) is 23.2 Å². The number of nitrogens with one attached hydrogen (secondary N) is 2. The van der Waals surface area contributed by atoms with Crippen molar-refractivity contribution in [2.75, 3.05) is 5.32 Å². The van der Waals surface area contributed by atoms with Crippen molar-refractivity contribution in [2.45, 2.75) is 0 Å². The molecule has 0 bridgehead atoms. The Morgan fingerprint density at radius 3 is 2.62 bits per heavy atom. The first-order valence-corrected chi connectivity index (χ1v) is 6.45. The van der Waals surface area contributed by atoms with Crippen LogP contribution in [0.4, 0.5) is 5.69 Å². The highest BCUT2D eigenvalue weighted by Crippen LogP contribution is 2.24. The zero-order chi connectivity index (χ0) is 15.2. The molecule has 8 heteroatoms. The maximum atomic E-state index is 11.6. The van der Waals surface area contributed by atoms with Crippen LogP contribution in [0.5, 0.6) is 0 Å². The zero-order valence-electron chi connectivity index (χ0n) is 10.5. The molecule has 0 fully saturated rings. The fourth-order valence-electron chi connectivity index (χ4n) is 1.33. The summed E-state index contributed by atoms with van der Waals surface area (Å²) in [5.41, 5.74) is 2.41. The molecule has 2 rings (SSSR count). The van der Waals surface area contributed by atoms with Crippen molar-refractivity contribution in [1.82, 2.24) is 5.43 Å². The molecule has 108 valence electrons. The number of rotatable bonds is 3. The van der Waals surface area contributed by atoms with E-state index < -0.39 is 11.8 Å². The van der Waals surface area contributed by atoms with Crippen molar-refractivity contribution in [3.05, 3.63) is 52.4 Å². The Kier molecular flexibility index (Phi) is 4.97. The average Bonchev–Trinajstić information content (AvgIpc) is 2.96. The summed E-state index contributed by atoms with van der Waals surface area (Å²) in [7, 11) is 0. The predicted molar refractivity (Wildman–Crippen MR) is 79.5 cm³/mol. The third-order valence-electron chi connectivity index (χ3n) is 2.28. The van der Waals surface area contributed by atoms with E-state index in [1.807, 2.05) is 0 Å². The van der Waals surface area contributed by atoms with E-state index in [0.29, 0.717) is 16.5 Å². The summed E-state index contributed by atoms with van der Waals surface area (Å²) in [6.07, 6.45) is 2.73. The standard InChI is InChI=1S/C13H9Cl2N3O3/c14-10-4-3-8(6-11(10)15)17-12(19)13(20)18-16-7-9-2-1-5-21-9/h1-7H,(H,17,19)(H,18,20)/b16-7+. The Balaban J connectivity index is 1.90. The molecule has 6 nitrogen and oxygen atoms in total. The molecule has 0 atom stereocenters. The van der Waals surface area contributed by atoms with Crippen molar-refractivity contribution >= 4 is 46.9 Å². The first kappa shape index (κ1) is 15.1. The van der Waals surface area contributed by atoms with Crippen LogP contribution >= 0.6 is 23.2 Å². The number of amides is 2. The van der Waals surface area contributed by atoms with E-state index in [0.717, 1.165) is 0 Å². The number of furan rings is 1. The number of anilines is 1. The molecule has 2 amide bonds. The lowest BCUT2D eigenvalue weighted by atomic mass is 10.3. The maximum absolute atomic E-state index is 11.6. The number of carbonyl (C=O) groups is 2. The van der Waals surface area contributed by atoms with E-state index in [-0.39, 0.29) is 5.02 Å². The Bertz CT molecular complexity index is 684. The Morgan fingerprint density at radius 1 is 1.14 bits per heavy atom. The number of nitrogens with zero attached hydrogens (tertiary/aromatic N) is 1. The van der Waals surface area contributed by atoms with E-state index in [1.54, 1.807) is 12.1 Å². The van der Waals surface area contributed by atoms with Gasteiger partial charge in [0.2, 0.25) is 0 Å². The Morgan fingerprint density at radius 2 is 1.95 bits per heavy atom. The van der Waals surface area contributed by atoms with Crippen LogP contribution in [0.25, 0.3) is 0 Å². The summed E-state index contributed by atoms with van der Waals surface area (Å²) in [4.78, 5) is 23.1. The summed E-state index contributed by atoms with van der Waals surface area (Å²) in [5, 5.41) is 6.56. The second kappa shape index (κ2) is 6.92. The minimum absolute atomic E-state index is 0.269. The van der Waals surface area contributed by atoms with Gasteiger partial charge in [-0.05, 0) is 30.3 Å². The third kappa shape index (κ3) is 4.34. The first-order valence-electron chi connectivity index (χ1n) is 5.69. The molecule has 0 radical (unpaired) electrons. The second-order valence-electron chi connectivity index (χ2n) is 3.80. The zero-order valence-corrected chi connectivity index (χ0v) is 12.0. The van der Waals surface area contributed by atoms with Crippen LogP contribution in [0.15, 0.2) is 46.1 Å². The molecular formula is C13H9Cl2N3O3. The molecule has 21 heavy (non-hydrogen) atoms. The summed E-state index contributed by atoms with van der Waals surface area (Å²) >= 11 is 11.5. The summed E-state index contributed by atoms with van der Waals surface area (Å²) in [6, 6.07) is 7.77. The lowest BCUT2D eigenvalue weighted by Gasteiger charge is -2.04. The molecule has 2 N–H and O–H groups in total. The largest absolute Gasteiger partial charge is 0.463 e. The van der Waals surface area contributed by atoms with Gasteiger partial charge >= 0.3 is 11.8 Å². The second-order valence-corrected chi connectivity index (χ2v) is 4.61. The molecule has 1 aromatic heterocycles. The number of halogens is 2. The van der Waals surface area contributed by atoms with Gasteiger partial charge in [-0.15, -0.1) is 0 Å². The number of hydrogen-bond acceptors (Lipinski definition) is 4. The van der Waals surface area contributed by atoms with Crippen LogP contribution in [-0.2, 0) is 9.59 Å². The van der Waals surface area contributed by atoms with Crippen molar-refractivity contribution in [3.63, 3.8) is 0 Å². The molecule has 0 unspecified atom stereocenters. The van der Waals surface area contributed by atoms with Gasteiger partial charge in [0.15, 0.2) is 0 Å². The maximum Gasteiger partial charge on any atom is 0.329 e. The Labute approximate surface area is 129 Å². The van der Waals surface area contributed by atoms with E-state index in [9.17, 15) is 9.59 Å². The number of hydrazone groups is 1. The minimum Gasteiger partial charge on any atom is -0.463 e. The number of hydrogen-bond donors (Lipinski definition) is 2. The fourth-order valence-corrected chi connectivity index (χ4v) is 1.63. The van der Waals surface area contributed by atoms with Gasteiger partial charge in [0, 0.05) is 5.69 Å². The summed E-state index contributed by atoms with van der Waals surface area (Å²) < 4.78 is 4.97. The molecule has 0 saturated carbocycles. The van der Waals surface area contributed by atoms with Crippen molar-refractivity contribution in [2.24, 2.45) is 5.10 Å². The third-order valence-corrected chi connectivity index (χ3v) is 3.02. The fraction of sp³-hybridized carbons (Fsp3) is 0. The van der Waals surface area contributed by atoms with Crippen LogP contribution in [0.2, 0.25) is 10.0 Å². The van der Waals surface area contributed by atoms with Gasteiger partial charge in [0.05, 0.1) is 22.5 Å². The van der Waals surface area contributed by atoms with Gasteiger partial charge < -0.3 is 9.73 Å². The average molecular weight is 326 g/mol. The minimum atomic E-state index is -0.927. The highest BCUT2D eigenvalue weighted by Gasteiger charge is 2.13. The van der Waals surface area contributed by atoms with Gasteiger partial charge in [-0.2, -0.15) is 5.10 Å². The summed E-state index contributed by atoms with van der Waals surface area (Å²) in [6.45, 7) is 0. The van der Waals surface area contributed by atoms with E-state index in [1.165, 1.54) is 30.7 Å². The molecule has 1 aromatic carbocycles. The van der Waals surface area contributed by atoms with Crippen LogP contribution in [0.1, 0.15) is 5.76 Å². The Hall–Kier alpha value is -2.31. The molecule has 0 aliphatic heterocycles. The van der Waals surface area contributed by atoms with Gasteiger partial charge in [-0.25, -0.2) is 5.43 Å². The molecule has 0 aliphatic rings. The summed E-state index contributed by atoms with van der Waals surface area (Å²) in [5.74, 6) is -1.37. The highest BCUT2D eigenvalue weighted by atomic mass is 35.5. The number of benzene rings is 1. The van der Waals surface area contributed by atoms with Gasteiger partial charge in [0.25, 0.3) is 0 Å². The van der Waals surface area contributed by atoms with Crippen LogP contribution < -0.4 is 10.7 Å². The predicted octanol–water partition coefficient (Wildman–Crippen LogP) is 2.68. The molecule has 0 aliphatic carbocycles. The molecular weight excluding hydrogens is 317 g/mol. The van der Waals surface area contributed by atoms with Crippen LogP contribution in [0, 0.1) is 0 Å². The molecule has 2 aromatic rings. The van der Waals surface area contributed by atoms with E-state index in [2.05, 4.69) is 15.8 Å². The molecule has 0 saturated heterocycles. The normalized spacial score (nSPS) is 10.6. The monoisotopic (exact) mass is 325 g/mol. The molecule has 1 heterocycles. The van der Waals surface area contributed by atoms with Crippen LogP contribution in [-0.4, -0.2) is 18.0 Å². The smallest absolute Gasteiger partial charge is 0.329 e. The number of carbonyl (C=O) groups excluding carboxylic acids is 2. The van der Waals surface area contributed by atoms with E-state index in [4.69, 9.17) is 27.6 Å². The SMILES string of the molecule is O=C(N/N=C/c1ccco1)C(=O)Nc1ccc(Cl)c(Cl)c1. The lowest BCUT2D eigenvalue weighted by Crippen LogP contribution is -2.32. The van der Waals surface area contributed by atoms with Crippen LogP contribution in [0.3, 0.4) is 0 Å². The highest BCUT2D eigenvalue weighted by molar-refractivity contribution is 6.42.